The van der Waals surface area contributed by atoms with Crippen LogP contribution >= 0.6 is 0 Å². The molecule has 10 rings (SSSR count). The number of hydrogen-bond donors (Lipinski definition) is 0. The van der Waals surface area contributed by atoms with Crippen LogP contribution in [0.3, 0.4) is 0 Å². The van der Waals surface area contributed by atoms with E-state index in [9.17, 15) is 10.5 Å². The zero-order valence-electron chi connectivity index (χ0n) is 31.0. The number of nitriles is 2. The highest BCUT2D eigenvalue weighted by molar-refractivity contribution is 6.12. The van der Waals surface area contributed by atoms with Gasteiger partial charge in [-0.05, 0) is 107 Å². The lowest BCUT2D eigenvalue weighted by Gasteiger charge is -2.19. The Morgan fingerprint density at radius 1 is 0.375 bits per heavy atom. The van der Waals surface area contributed by atoms with Gasteiger partial charge in [0.25, 0.3) is 0 Å². The van der Waals surface area contributed by atoms with Crippen molar-refractivity contribution in [3.05, 3.63) is 192 Å². The minimum Gasteiger partial charge on any atom is -0.308 e. The second-order valence-electron chi connectivity index (χ2n) is 14.5. The van der Waals surface area contributed by atoms with E-state index in [2.05, 4.69) is 181 Å². The molecule has 8 aromatic carbocycles. The molecule has 4 heteroatoms. The number of fused-ring (bicyclic) bond motifs is 6. The Balaban J connectivity index is 1.35. The second-order valence-corrected chi connectivity index (χ2v) is 14.5. The summed E-state index contributed by atoms with van der Waals surface area (Å²) in [5, 5.41) is 25.8. The lowest BCUT2D eigenvalue weighted by atomic mass is 9.98. The molecule has 0 saturated heterocycles. The zero-order chi connectivity index (χ0) is 37.9. The summed E-state index contributed by atoms with van der Waals surface area (Å²) in [6.45, 7) is 4.29. The SMILES string of the molecule is Cc1ccccc1-c1ccc2c3ccccc3n(-c3cc(-c4cccc(C#N)c4)cc(-n4c5ccccc5c5ccc(-c6ccccc6C)cc54)c3C#N)c2c1. The molecule has 0 unspecified atom stereocenters. The highest BCUT2D eigenvalue weighted by Crippen LogP contribution is 2.42. The fourth-order valence-electron chi connectivity index (χ4n) is 8.60. The predicted molar refractivity (Wildman–Crippen MR) is 230 cm³/mol. The minimum absolute atomic E-state index is 0.554. The van der Waals surface area contributed by atoms with Crippen molar-refractivity contribution in [2.75, 3.05) is 0 Å². The van der Waals surface area contributed by atoms with E-state index in [1.165, 1.54) is 22.3 Å². The van der Waals surface area contributed by atoms with Crippen LogP contribution in [0.2, 0.25) is 0 Å². The van der Waals surface area contributed by atoms with E-state index in [0.29, 0.717) is 11.1 Å². The Hall–Kier alpha value is -7.66. The van der Waals surface area contributed by atoms with E-state index in [-0.39, 0.29) is 0 Å². The summed E-state index contributed by atoms with van der Waals surface area (Å²) in [6.07, 6.45) is 0. The van der Waals surface area contributed by atoms with E-state index in [4.69, 9.17) is 0 Å². The molecular formula is C52H34N4. The van der Waals surface area contributed by atoms with Crippen molar-refractivity contribution in [1.29, 1.82) is 10.5 Å². The molecule has 0 aliphatic carbocycles. The van der Waals surface area contributed by atoms with Gasteiger partial charge in [0.15, 0.2) is 0 Å². The van der Waals surface area contributed by atoms with Crippen LogP contribution in [-0.4, -0.2) is 9.13 Å². The van der Waals surface area contributed by atoms with E-state index in [1.807, 2.05) is 24.3 Å². The Kier molecular flexibility index (Phi) is 7.66. The van der Waals surface area contributed by atoms with Crippen molar-refractivity contribution in [3.63, 3.8) is 0 Å². The van der Waals surface area contributed by atoms with Gasteiger partial charge in [-0.2, -0.15) is 10.5 Å². The van der Waals surface area contributed by atoms with E-state index < -0.39 is 0 Å². The number of nitrogens with zero attached hydrogens (tertiary/aromatic N) is 4. The molecule has 0 radical (unpaired) electrons. The summed E-state index contributed by atoms with van der Waals surface area (Å²) in [4.78, 5) is 0. The molecule has 0 spiro atoms. The van der Waals surface area contributed by atoms with Crippen molar-refractivity contribution in [2.45, 2.75) is 13.8 Å². The highest BCUT2D eigenvalue weighted by Gasteiger charge is 2.23. The maximum atomic E-state index is 11.4. The molecule has 56 heavy (non-hydrogen) atoms. The molecule has 4 nitrogen and oxygen atoms in total. The van der Waals surface area contributed by atoms with E-state index in [1.54, 1.807) is 0 Å². The number of para-hydroxylation sites is 2. The van der Waals surface area contributed by atoms with Crippen LogP contribution in [0.25, 0.3) is 88.4 Å². The van der Waals surface area contributed by atoms with E-state index >= 15 is 0 Å². The number of rotatable bonds is 5. The zero-order valence-corrected chi connectivity index (χ0v) is 31.0. The summed E-state index contributed by atoms with van der Waals surface area (Å²) in [6, 6.07) is 64.2. The molecule has 0 amide bonds. The van der Waals surface area contributed by atoms with Crippen molar-refractivity contribution >= 4 is 43.6 Å². The molecule has 0 bridgehead atoms. The molecule has 0 atom stereocenters. The maximum absolute atomic E-state index is 11.4. The minimum atomic E-state index is 0.554. The van der Waals surface area contributed by atoms with Gasteiger partial charge < -0.3 is 9.13 Å². The third-order valence-electron chi connectivity index (χ3n) is 11.3. The molecule has 2 aromatic heterocycles. The summed E-state index contributed by atoms with van der Waals surface area (Å²) < 4.78 is 4.53. The van der Waals surface area contributed by atoms with Gasteiger partial charge >= 0.3 is 0 Å². The molecule has 0 N–H and O–H groups in total. The number of hydrogen-bond acceptors (Lipinski definition) is 2. The third kappa shape index (κ3) is 5.12. The Morgan fingerprint density at radius 3 is 1.36 bits per heavy atom. The molecule has 2 heterocycles. The molecule has 0 saturated carbocycles. The Bertz CT molecular complexity index is 3120. The summed E-state index contributed by atoms with van der Waals surface area (Å²) in [7, 11) is 0. The first-order chi connectivity index (χ1) is 27.5. The molecule has 0 fully saturated rings. The van der Waals surface area contributed by atoms with Crippen LogP contribution in [0.15, 0.2) is 170 Å². The van der Waals surface area contributed by atoms with Crippen LogP contribution in [0.1, 0.15) is 22.3 Å². The summed E-state index contributed by atoms with van der Waals surface area (Å²) in [5.74, 6) is 0. The van der Waals surface area contributed by atoms with E-state index in [0.717, 1.165) is 77.2 Å². The van der Waals surface area contributed by atoms with Gasteiger partial charge in [-0.3, -0.25) is 0 Å². The van der Waals surface area contributed by atoms with Gasteiger partial charge in [0.05, 0.1) is 45.1 Å². The molecule has 262 valence electrons. The first kappa shape index (κ1) is 32.9. The quantitative estimate of drug-likeness (QED) is 0.178. The van der Waals surface area contributed by atoms with Crippen LogP contribution in [-0.2, 0) is 0 Å². The van der Waals surface area contributed by atoms with Gasteiger partial charge in [0.2, 0.25) is 0 Å². The standard InChI is InChI=1S/C52H34N4/c1-33-12-3-5-16-40(33)37-22-24-44-42-18-7-9-20-47(42)55(49(44)27-37)51-29-39(36-15-11-14-35(26-36)31-53)30-52(46(51)32-54)56-48-21-10-8-19-43(48)45-25-23-38(28-50(45)56)41-17-6-4-13-34(41)2/h3-30H,1-2H3. The van der Waals surface area contributed by atoms with Crippen molar-refractivity contribution in [2.24, 2.45) is 0 Å². The average Bonchev–Trinajstić information content (AvgIpc) is 3.75. The Morgan fingerprint density at radius 2 is 0.857 bits per heavy atom. The highest BCUT2D eigenvalue weighted by atomic mass is 15.0. The number of aromatic nitrogens is 2. The second kappa shape index (κ2) is 13.0. The van der Waals surface area contributed by atoms with Crippen LogP contribution in [0.4, 0.5) is 0 Å². The summed E-state index contributed by atoms with van der Waals surface area (Å²) in [5.41, 5.74) is 15.5. The van der Waals surface area contributed by atoms with Crippen LogP contribution in [0, 0.1) is 36.5 Å². The van der Waals surface area contributed by atoms with Gasteiger partial charge in [0.1, 0.15) is 11.6 Å². The van der Waals surface area contributed by atoms with Crippen molar-refractivity contribution in [3.8, 4) is 56.9 Å². The van der Waals surface area contributed by atoms with Crippen molar-refractivity contribution in [1.82, 2.24) is 9.13 Å². The fourth-order valence-corrected chi connectivity index (χ4v) is 8.60. The predicted octanol–water partition coefficient (Wildman–Crippen LogP) is 13.2. The number of benzene rings is 8. The maximum Gasteiger partial charge on any atom is 0.104 e. The molecular weight excluding hydrogens is 681 g/mol. The van der Waals surface area contributed by atoms with Gasteiger partial charge in [-0.25, -0.2) is 0 Å². The lowest BCUT2D eigenvalue weighted by molar-refractivity contribution is 1.12. The van der Waals surface area contributed by atoms with Crippen molar-refractivity contribution < 1.29 is 0 Å². The van der Waals surface area contributed by atoms with Gasteiger partial charge in [-0.15, -0.1) is 0 Å². The molecule has 0 aliphatic rings. The first-order valence-corrected chi connectivity index (χ1v) is 18.8. The molecule has 0 aliphatic heterocycles. The summed E-state index contributed by atoms with van der Waals surface area (Å²) >= 11 is 0. The Labute approximate surface area is 325 Å². The third-order valence-corrected chi connectivity index (χ3v) is 11.3. The smallest absolute Gasteiger partial charge is 0.104 e. The normalized spacial score (nSPS) is 11.4. The van der Waals surface area contributed by atoms with Gasteiger partial charge in [0, 0.05) is 21.5 Å². The fraction of sp³-hybridized carbons (Fsp3) is 0.0385. The first-order valence-electron chi connectivity index (χ1n) is 18.8. The largest absolute Gasteiger partial charge is 0.308 e. The topological polar surface area (TPSA) is 57.4 Å². The van der Waals surface area contributed by atoms with Crippen LogP contribution < -0.4 is 0 Å². The lowest BCUT2D eigenvalue weighted by Crippen LogP contribution is -2.05. The monoisotopic (exact) mass is 714 g/mol. The average molecular weight is 715 g/mol. The molecule has 10 aromatic rings. The van der Waals surface area contributed by atoms with Crippen LogP contribution in [0.5, 0.6) is 0 Å². The number of aryl methyl sites for hydroxylation is 2. The van der Waals surface area contributed by atoms with Gasteiger partial charge in [-0.1, -0.05) is 121 Å².